The first kappa shape index (κ1) is 10.2. The molecule has 0 N–H and O–H groups in total. The zero-order valence-corrected chi connectivity index (χ0v) is 9.56. The summed E-state index contributed by atoms with van der Waals surface area (Å²) in [5.41, 5.74) is 0. The van der Waals surface area contributed by atoms with Gasteiger partial charge < -0.3 is 4.90 Å². The number of hydrogen-bond donors (Lipinski definition) is 0. The molecule has 1 aliphatic rings. The van der Waals surface area contributed by atoms with Crippen LogP contribution < -0.4 is 0 Å². The highest BCUT2D eigenvalue weighted by molar-refractivity contribution is 7.09. The molecule has 1 fully saturated rings. The van der Waals surface area contributed by atoms with Crippen LogP contribution in [0.4, 0.5) is 0 Å². The van der Waals surface area contributed by atoms with E-state index in [1.165, 1.54) is 56.6 Å². The summed E-state index contributed by atoms with van der Waals surface area (Å²) in [7, 11) is 0. The Hall–Kier alpha value is -0.340. The van der Waals surface area contributed by atoms with Crippen molar-refractivity contribution in [3.05, 3.63) is 22.4 Å². The summed E-state index contributed by atoms with van der Waals surface area (Å²) in [4.78, 5) is 4.17. The molecule has 0 aromatic carbocycles. The summed E-state index contributed by atoms with van der Waals surface area (Å²) in [5.74, 6) is 0. The van der Waals surface area contributed by atoms with Crippen molar-refractivity contribution in [2.45, 2.75) is 32.1 Å². The Kier molecular flexibility index (Phi) is 4.02. The molecule has 0 saturated carbocycles. The fraction of sp³-hybridized carbons (Fsp3) is 0.667. The predicted octanol–water partition coefficient (Wildman–Crippen LogP) is 3.17. The third-order valence-electron chi connectivity index (χ3n) is 2.95. The van der Waals surface area contributed by atoms with Crippen LogP contribution in [-0.4, -0.2) is 24.5 Å². The summed E-state index contributed by atoms with van der Waals surface area (Å²) in [5, 5.41) is 2.18. The van der Waals surface area contributed by atoms with Crippen LogP contribution in [0.2, 0.25) is 0 Å². The zero-order chi connectivity index (χ0) is 9.64. The largest absolute Gasteiger partial charge is 0.303 e. The molecule has 0 unspecified atom stereocenters. The fourth-order valence-corrected chi connectivity index (χ4v) is 2.78. The van der Waals surface area contributed by atoms with Crippen molar-refractivity contribution in [1.29, 1.82) is 0 Å². The number of thiophene rings is 1. The van der Waals surface area contributed by atoms with Gasteiger partial charge in [0, 0.05) is 11.4 Å². The minimum absolute atomic E-state index is 1.25. The second-order valence-electron chi connectivity index (χ2n) is 4.09. The molecule has 0 bridgehead atoms. The lowest BCUT2D eigenvalue weighted by Gasteiger charge is -2.18. The quantitative estimate of drug-likeness (QED) is 0.739. The SMILES string of the molecule is c1csc(CCN2CCCCCC2)c1. The molecule has 1 aromatic rings. The third-order valence-corrected chi connectivity index (χ3v) is 3.89. The molecule has 0 aliphatic carbocycles. The van der Waals surface area contributed by atoms with Crippen LogP contribution in [0, 0.1) is 0 Å². The van der Waals surface area contributed by atoms with Gasteiger partial charge in [0.2, 0.25) is 0 Å². The van der Waals surface area contributed by atoms with E-state index in [0.29, 0.717) is 0 Å². The van der Waals surface area contributed by atoms with E-state index in [4.69, 9.17) is 0 Å². The third kappa shape index (κ3) is 3.10. The van der Waals surface area contributed by atoms with Gasteiger partial charge in [-0.05, 0) is 43.8 Å². The first-order chi connectivity index (χ1) is 6.95. The van der Waals surface area contributed by atoms with Gasteiger partial charge in [-0.25, -0.2) is 0 Å². The maximum Gasteiger partial charge on any atom is 0.00579 e. The van der Waals surface area contributed by atoms with Gasteiger partial charge in [0.1, 0.15) is 0 Å². The lowest BCUT2D eigenvalue weighted by molar-refractivity contribution is 0.289. The van der Waals surface area contributed by atoms with E-state index in [0.717, 1.165) is 0 Å². The number of rotatable bonds is 3. The highest BCUT2D eigenvalue weighted by Crippen LogP contribution is 2.13. The monoisotopic (exact) mass is 209 g/mol. The first-order valence-electron chi connectivity index (χ1n) is 5.70. The van der Waals surface area contributed by atoms with Crippen LogP contribution in [-0.2, 0) is 6.42 Å². The average Bonchev–Trinajstić information content (AvgIpc) is 2.58. The van der Waals surface area contributed by atoms with Crippen LogP contribution >= 0.6 is 11.3 Å². The van der Waals surface area contributed by atoms with E-state index < -0.39 is 0 Å². The average molecular weight is 209 g/mol. The summed E-state index contributed by atoms with van der Waals surface area (Å²) in [6, 6.07) is 4.41. The molecule has 2 rings (SSSR count). The first-order valence-corrected chi connectivity index (χ1v) is 6.58. The van der Waals surface area contributed by atoms with E-state index in [9.17, 15) is 0 Å². The van der Waals surface area contributed by atoms with E-state index in [1.807, 2.05) is 11.3 Å². The summed E-state index contributed by atoms with van der Waals surface area (Å²) < 4.78 is 0. The normalized spacial score (nSPS) is 19.4. The number of hydrogen-bond acceptors (Lipinski definition) is 2. The molecule has 0 amide bonds. The highest BCUT2D eigenvalue weighted by atomic mass is 32.1. The van der Waals surface area contributed by atoms with Crippen molar-refractivity contribution < 1.29 is 0 Å². The second-order valence-corrected chi connectivity index (χ2v) is 5.12. The Morgan fingerprint density at radius 3 is 2.57 bits per heavy atom. The summed E-state index contributed by atoms with van der Waals surface area (Å²) in [6.07, 6.45) is 6.94. The molecular weight excluding hydrogens is 190 g/mol. The molecule has 1 aromatic heterocycles. The molecule has 0 spiro atoms. The predicted molar refractivity (Wildman–Crippen MR) is 62.9 cm³/mol. The topological polar surface area (TPSA) is 3.24 Å². The lowest BCUT2D eigenvalue weighted by atomic mass is 10.2. The highest BCUT2D eigenvalue weighted by Gasteiger charge is 2.08. The van der Waals surface area contributed by atoms with Crippen molar-refractivity contribution in [2.75, 3.05) is 19.6 Å². The van der Waals surface area contributed by atoms with Gasteiger partial charge >= 0.3 is 0 Å². The van der Waals surface area contributed by atoms with Gasteiger partial charge in [0.15, 0.2) is 0 Å². The van der Waals surface area contributed by atoms with Crippen LogP contribution in [0.25, 0.3) is 0 Å². The van der Waals surface area contributed by atoms with Crippen molar-refractivity contribution in [3.8, 4) is 0 Å². The minimum atomic E-state index is 1.25. The summed E-state index contributed by atoms with van der Waals surface area (Å²) >= 11 is 1.89. The van der Waals surface area contributed by atoms with Gasteiger partial charge in [-0.15, -0.1) is 11.3 Å². The maximum absolute atomic E-state index is 2.63. The molecule has 1 saturated heterocycles. The Morgan fingerprint density at radius 1 is 1.14 bits per heavy atom. The number of nitrogens with zero attached hydrogens (tertiary/aromatic N) is 1. The molecule has 78 valence electrons. The van der Waals surface area contributed by atoms with E-state index in [2.05, 4.69) is 22.4 Å². The second kappa shape index (κ2) is 5.52. The van der Waals surface area contributed by atoms with Crippen LogP contribution in [0.15, 0.2) is 17.5 Å². The van der Waals surface area contributed by atoms with Crippen molar-refractivity contribution >= 4 is 11.3 Å². The fourth-order valence-electron chi connectivity index (χ4n) is 2.08. The van der Waals surface area contributed by atoms with Crippen molar-refractivity contribution in [3.63, 3.8) is 0 Å². The van der Waals surface area contributed by atoms with Crippen molar-refractivity contribution in [2.24, 2.45) is 0 Å². The Balaban J connectivity index is 1.73. The lowest BCUT2D eigenvalue weighted by Crippen LogP contribution is -2.26. The Morgan fingerprint density at radius 2 is 1.93 bits per heavy atom. The minimum Gasteiger partial charge on any atom is -0.303 e. The van der Waals surface area contributed by atoms with Gasteiger partial charge in [-0.1, -0.05) is 18.9 Å². The van der Waals surface area contributed by atoms with E-state index in [1.54, 1.807) is 0 Å². The smallest absolute Gasteiger partial charge is 0.00579 e. The van der Waals surface area contributed by atoms with Crippen molar-refractivity contribution in [1.82, 2.24) is 4.90 Å². The molecule has 1 nitrogen and oxygen atoms in total. The molecule has 14 heavy (non-hydrogen) atoms. The Bertz CT molecular complexity index is 235. The zero-order valence-electron chi connectivity index (χ0n) is 8.74. The number of likely N-dealkylation sites (tertiary alicyclic amines) is 1. The van der Waals surface area contributed by atoms with Gasteiger partial charge in [-0.2, -0.15) is 0 Å². The van der Waals surface area contributed by atoms with E-state index in [-0.39, 0.29) is 0 Å². The van der Waals surface area contributed by atoms with Gasteiger partial charge in [0.25, 0.3) is 0 Å². The molecule has 0 atom stereocenters. The summed E-state index contributed by atoms with van der Waals surface area (Å²) in [6.45, 7) is 3.91. The van der Waals surface area contributed by atoms with Crippen LogP contribution in [0.3, 0.4) is 0 Å². The van der Waals surface area contributed by atoms with Crippen LogP contribution in [0.5, 0.6) is 0 Å². The molecule has 1 aliphatic heterocycles. The molecular formula is C12H19NS. The molecule has 2 heterocycles. The van der Waals surface area contributed by atoms with Gasteiger partial charge in [-0.3, -0.25) is 0 Å². The van der Waals surface area contributed by atoms with Crippen LogP contribution in [0.1, 0.15) is 30.6 Å². The van der Waals surface area contributed by atoms with Gasteiger partial charge in [0.05, 0.1) is 0 Å². The molecule has 2 heteroatoms. The standard InChI is InChI=1S/C12H19NS/c1-2-4-9-13(8-3-1)10-7-12-6-5-11-14-12/h5-6,11H,1-4,7-10H2. The Labute approximate surface area is 90.7 Å². The molecule has 0 radical (unpaired) electrons. The maximum atomic E-state index is 2.63. The van der Waals surface area contributed by atoms with E-state index >= 15 is 0 Å².